The van der Waals surface area contributed by atoms with Gasteiger partial charge < -0.3 is 15.0 Å². The lowest BCUT2D eigenvalue weighted by molar-refractivity contribution is 0.355. The molecule has 5 nitrogen and oxygen atoms in total. The van der Waals surface area contributed by atoms with E-state index >= 15 is 0 Å². The maximum absolute atomic E-state index is 5.45. The summed E-state index contributed by atoms with van der Waals surface area (Å²) in [6.07, 6.45) is 5.02. The first-order valence-corrected chi connectivity index (χ1v) is 7.94. The number of hydrogen-bond acceptors (Lipinski definition) is 5. The molecule has 0 aliphatic carbocycles. The van der Waals surface area contributed by atoms with Crippen molar-refractivity contribution in [3.63, 3.8) is 0 Å². The highest BCUT2D eigenvalue weighted by molar-refractivity contribution is 7.98. The monoisotopic (exact) mass is 286 g/mol. The first-order chi connectivity index (χ1) is 9.13. The molecule has 0 amide bonds. The van der Waals surface area contributed by atoms with Crippen LogP contribution in [0.15, 0.2) is 6.20 Å². The molecule has 0 aliphatic heterocycles. The third kappa shape index (κ3) is 4.71. The van der Waals surface area contributed by atoms with Gasteiger partial charge in [0.15, 0.2) is 5.75 Å². The molecule has 0 fully saturated rings. The summed E-state index contributed by atoms with van der Waals surface area (Å²) < 4.78 is 7.51. The number of ether oxygens (including phenoxy) is 1. The minimum absolute atomic E-state index is 0.284. The van der Waals surface area contributed by atoms with E-state index in [-0.39, 0.29) is 6.04 Å². The molecule has 1 atom stereocenters. The van der Waals surface area contributed by atoms with E-state index in [2.05, 4.69) is 40.3 Å². The lowest BCUT2D eigenvalue weighted by Gasteiger charge is -2.20. The van der Waals surface area contributed by atoms with Gasteiger partial charge in [0.1, 0.15) is 0 Å². The van der Waals surface area contributed by atoms with Crippen LogP contribution in [0.25, 0.3) is 0 Å². The van der Waals surface area contributed by atoms with Crippen molar-refractivity contribution in [3.05, 3.63) is 11.9 Å². The molecule has 0 saturated carbocycles. The highest BCUT2D eigenvalue weighted by Crippen LogP contribution is 2.27. The minimum Gasteiger partial charge on any atom is -0.493 e. The summed E-state index contributed by atoms with van der Waals surface area (Å²) in [5.74, 6) is 1.99. The highest BCUT2D eigenvalue weighted by atomic mass is 32.2. The molecule has 1 rings (SSSR count). The molecular weight excluding hydrogens is 260 g/mol. The third-order valence-electron chi connectivity index (χ3n) is 3.11. The standard InChI is InChI=1S/C13H26N4OS/c1-14-11(6-9-19-5)13-12(18-4)10-15-17(13)8-7-16(2)3/h10-11,14H,6-9H2,1-5H3. The van der Waals surface area contributed by atoms with Gasteiger partial charge in [-0.3, -0.25) is 4.68 Å². The highest BCUT2D eigenvalue weighted by Gasteiger charge is 2.20. The van der Waals surface area contributed by atoms with Crippen LogP contribution >= 0.6 is 11.8 Å². The molecule has 0 bridgehead atoms. The Balaban J connectivity index is 2.89. The van der Waals surface area contributed by atoms with Crippen molar-refractivity contribution in [1.82, 2.24) is 20.0 Å². The zero-order chi connectivity index (χ0) is 14.3. The zero-order valence-corrected chi connectivity index (χ0v) is 13.5. The molecule has 0 aromatic carbocycles. The Morgan fingerprint density at radius 1 is 1.53 bits per heavy atom. The molecule has 1 heterocycles. The fourth-order valence-electron chi connectivity index (χ4n) is 2.01. The van der Waals surface area contributed by atoms with Crippen LogP contribution in [0.5, 0.6) is 5.75 Å². The SMILES string of the molecule is CNC(CCSC)c1c(OC)cnn1CCN(C)C. The van der Waals surface area contributed by atoms with Gasteiger partial charge in [0.05, 0.1) is 31.6 Å². The fourth-order valence-corrected chi connectivity index (χ4v) is 2.48. The molecule has 1 aromatic heterocycles. The van der Waals surface area contributed by atoms with Crippen molar-refractivity contribution in [2.45, 2.75) is 19.0 Å². The molecule has 6 heteroatoms. The van der Waals surface area contributed by atoms with Crippen LogP contribution in [0, 0.1) is 0 Å². The van der Waals surface area contributed by atoms with E-state index in [1.807, 2.05) is 25.0 Å². The van der Waals surface area contributed by atoms with Gasteiger partial charge in [-0.25, -0.2) is 0 Å². The van der Waals surface area contributed by atoms with E-state index < -0.39 is 0 Å². The average Bonchev–Trinajstić information content (AvgIpc) is 2.80. The number of thioether (sulfide) groups is 1. The largest absolute Gasteiger partial charge is 0.493 e. The number of hydrogen-bond donors (Lipinski definition) is 1. The topological polar surface area (TPSA) is 42.3 Å². The van der Waals surface area contributed by atoms with Crippen molar-refractivity contribution in [3.8, 4) is 5.75 Å². The Morgan fingerprint density at radius 3 is 2.79 bits per heavy atom. The Labute approximate surface area is 120 Å². The lowest BCUT2D eigenvalue weighted by Crippen LogP contribution is -2.25. The number of aromatic nitrogens is 2. The second kappa shape index (κ2) is 8.45. The van der Waals surface area contributed by atoms with Crippen molar-refractivity contribution < 1.29 is 4.74 Å². The van der Waals surface area contributed by atoms with E-state index in [4.69, 9.17) is 4.74 Å². The summed E-state index contributed by atoms with van der Waals surface area (Å²) in [6.45, 7) is 1.85. The van der Waals surface area contributed by atoms with E-state index in [9.17, 15) is 0 Å². The van der Waals surface area contributed by atoms with Crippen molar-refractivity contribution in [1.29, 1.82) is 0 Å². The molecule has 0 radical (unpaired) electrons. The lowest BCUT2D eigenvalue weighted by atomic mass is 10.1. The Bertz CT molecular complexity index is 368. The van der Waals surface area contributed by atoms with Crippen LogP contribution in [0.1, 0.15) is 18.2 Å². The summed E-state index contributed by atoms with van der Waals surface area (Å²) in [5, 5.41) is 7.83. The average molecular weight is 286 g/mol. The van der Waals surface area contributed by atoms with Crippen molar-refractivity contribution >= 4 is 11.8 Å². The molecule has 110 valence electrons. The molecule has 1 N–H and O–H groups in total. The Hall–Kier alpha value is -0.720. The fraction of sp³-hybridized carbons (Fsp3) is 0.769. The third-order valence-corrected chi connectivity index (χ3v) is 3.76. The summed E-state index contributed by atoms with van der Waals surface area (Å²) in [6, 6.07) is 0.284. The van der Waals surface area contributed by atoms with Gasteiger partial charge in [0.2, 0.25) is 0 Å². The van der Waals surface area contributed by atoms with E-state index in [0.29, 0.717) is 0 Å². The minimum atomic E-state index is 0.284. The van der Waals surface area contributed by atoms with E-state index in [0.717, 1.165) is 36.7 Å². The summed E-state index contributed by atoms with van der Waals surface area (Å²) in [5.41, 5.74) is 1.15. The number of methoxy groups -OCH3 is 1. The molecule has 1 unspecified atom stereocenters. The van der Waals surface area contributed by atoms with Gasteiger partial charge in [0, 0.05) is 6.54 Å². The van der Waals surface area contributed by atoms with Gasteiger partial charge >= 0.3 is 0 Å². The van der Waals surface area contributed by atoms with Gasteiger partial charge in [-0.15, -0.1) is 0 Å². The van der Waals surface area contributed by atoms with Crippen LogP contribution < -0.4 is 10.1 Å². The molecular formula is C13H26N4OS. The first kappa shape index (κ1) is 16.3. The maximum Gasteiger partial charge on any atom is 0.161 e. The molecule has 19 heavy (non-hydrogen) atoms. The normalized spacial score (nSPS) is 12.9. The molecule has 0 spiro atoms. The van der Waals surface area contributed by atoms with Gasteiger partial charge in [-0.2, -0.15) is 16.9 Å². The van der Waals surface area contributed by atoms with Gasteiger partial charge in [-0.05, 0) is 39.6 Å². The summed E-state index contributed by atoms with van der Waals surface area (Å²) in [7, 11) is 7.85. The first-order valence-electron chi connectivity index (χ1n) is 6.54. The Kier molecular flexibility index (Phi) is 7.27. The predicted molar refractivity (Wildman–Crippen MR) is 82.1 cm³/mol. The Morgan fingerprint density at radius 2 is 2.26 bits per heavy atom. The van der Waals surface area contributed by atoms with E-state index in [1.54, 1.807) is 7.11 Å². The zero-order valence-electron chi connectivity index (χ0n) is 12.6. The maximum atomic E-state index is 5.45. The molecule has 0 saturated heterocycles. The molecule has 0 aliphatic rings. The van der Waals surface area contributed by atoms with E-state index in [1.165, 1.54) is 0 Å². The van der Waals surface area contributed by atoms with Crippen LogP contribution in [-0.2, 0) is 6.54 Å². The second-order valence-corrected chi connectivity index (χ2v) is 5.73. The second-order valence-electron chi connectivity index (χ2n) is 4.75. The number of nitrogens with zero attached hydrogens (tertiary/aromatic N) is 3. The quantitative estimate of drug-likeness (QED) is 0.744. The molecule has 1 aromatic rings. The smallest absolute Gasteiger partial charge is 0.161 e. The van der Waals surface area contributed by atoms with Gasteiger partial charge in [0.25, 0.3) is 0 Å². The summed E-state index contributed by atoms with van der Waals surface area (Å²) >= 11 is 1.86. The number of rotatable bonds is 9. The van der Waals surface area contributed by atoms with Crippen molar-refractivity contribution in [2.24, 2.45) is 0 Å². The van der Waals surface area contributed by atoms with Crippen molar-refractivity contribution in [2.75, 3.05) is 46.8 Å². The van der Waals surface area contributed by atoms with Crippen LogP contribution in [0.2, 0.25) is 0 Å². The van der Waals surface area contributed by atoms with Crippen LogP contribution in [0.3, 0.4) is 0 Å². The van der Waals surface area contributed by atoms with Gasteiger partial charge in [-0.1, -0.05) is 0 Å². The summed E-state index contributed by atoms with van der Waals surface area (Å²) in [4.78, 5) is 2.16. The predicted octanol–water partition coefficient (Wildman–Crippen LogP) is 1.47. The number of nitrogens with one attached hydrogen (secondary N) is 1. The van der Waals surface area contributed by atoms with Crippen LogP contribution in [-0.4, -0.2) is 61.5 Å². The number of likely N-dealkylation sites (N-methyl/N-ethyl adjacent to an activating group) is 1. The van der Waals surface area contributed by atoms with Crippen LogP contribution in [0.4, 0.5) is 0 Å².